The van der Waals surface area contributed by atoms with Crippen LogP contribution in [0.25, 0.3) is 11.1 Å². The molecular formula is C32H36O2. The fraction of sp³-hybridized carbons (Fsp3) is 0.375. The summed E-state index contributed by atoms with van der Waals surface area (Å²) in [5.74, 6) is 0.255. The Labute approximate surface area is 204 Å². The Morgan fingerprint density at radius 3 is 1.12 bits per heavy atom. The molecule has 0 fully saturated rings. The molecule has 2 aliphatic rings. The maximum absolute atomic E-state index is 13.7. The van der Waals surface area contributed by atoms with Crippen molar-refractivity contribution in [1.29, 1.82) is 0 Å². The molecule has 0 aromatic heterocycles. The van der Waals surface area contributed by atoms with Crippen molar-refractivity contribution >= 4 is 22.7 Å². The Morgan fingerprint density at radius 1 is 0.529 bits per heavy atom. The number of allylic oxidation sites excluding steroid dienone is 6. The highest BCUT2D eigenvalue weighted by Crippen LogP contribution is 2.48. The van der Waals surface area contributed by atoms with Crippen molar-refractivity contribution in [2.24, 2.45) is 10.8 Å². The fourth-order valence-corrected chi connectivity index (χ4v) is 5.30. The second-order valence-corrected chi connectivity index (χ2v) is 10.2. The number of fused-ring (bicyclic) bond motifs is 2. The average Bonchev–Trinajstić information content (AvgIpc) is 2.89. The van der Waals surface area contributed by atoms with Crippen molar-refractivity contribution in [2.75, 3.05) is 0 Å². The lowest BCUT2D eigenvalue weighted by Crippen LogP contribution is -2.28. The van der Waals surface area contributed by atoms with E-state index >= 15 is 0 Å². The maximum Gasteiger partial charge on any atom is 0.190 e. The zero-order valence-electron chi connectivity index (χ0n) is 21.4. The van der Waals surface area contributed by atoms with Gasteiger partial charge in [0.15, 0.2) is 11.6 Å². The summed E-state index contributed by atoms with van der Waals surface area (Å²) in [4.78, 5) is 27.3. The molecule has 0 saturated carbocycles. The van der Waals surface area contributed by atoms with Gasteiger partial charge >= 0.3 is 0 Å². The average molecular weight is 453 g/mol. The highest BCUT2D eigenvalue weighted by molar-refractivity contribution is 6.23. The summed E-state index contributed by atoms with van der Waals surface area (Å²) in [6, 6.07) is 15.9. The third-order valence-corrected chi connectivity index (χ3v) is 8.70. The van der Waals surface area contributed by atoms with Crippen LogP contribution in [-0.2, 0) is 0 Å². The second kappa shape index (κ2) is 8.98. The van der Waals surface area contributed by atoms with Crippen molar-refractivity contribution in [1.82, 2.24) is 0 Å². The highest BCUT2D eigenvalue weighted by Gasteiger charge is 2.38. The third kappa shape index (κ3) is 3.64. The van der Waals surface area contributed by atoms with Gasteiger partial charge in [-0.05, 0) is 70.9 Å². The maximum atomic E-state index is 13.7. The van der Waals surface area contributed by atoms with E-state index < -0.39 is 0 Å². The normalized spacial score (nSPS) is 18.3. The van der Waals surface area contributed by atoms with E-state index in [1.54, 1.807) is 0 Å². The molecule has 176 valence electrons. The highest BCUT2D eigenvalue weighted by atomic mass is 16.1. The molecule has 4 rings (SSSR count). The molecule has 2 aromatic rings. The first-order chi connectivity index (χ1) is 16.2. The van der Waals surface area contributed by atoms with Crippen LogP contribution in [0.2, 0.25) is 0 Å². The van der Waals surface area contributed by atoms with Crippen LogP contribution in [0.5, 0.6) is 0 Å². The number of ketones is 2. The van der Waals surface area contributed by atoms with Crippen molar-refractivity contribution in [3.8, 4) is 0 Å². The number of carbonyl (C=O) groups is 2. The molecule has 2 aliphatic carbocycles. The van der Waals surface area contributed by atoms with Crippen LogP contribution in [0.4, 0.5) is 0 Å². The molecule has 0 aliphatic heterocycles. The van der Waals surface area contributed by atoms with Gasteiger partial charge in [-0.1, -0.05) is 90.1 Å². The molecule has 0 amide bonds. The predicted octanol–water partition coefficient (Wildman–Crippen LogP) is 8.50. The van der Waals surface area contributed by atoms with Gasteiger partial charge in [0.1, 0.15) is 0 Å². The summed E-state index contributed by atoms with van der Waals surface area (Å²) < 4.78 is 0. The van der Waals surface area contributed by atoms with Gasteiger partial charge in [-0.2, -0.15) is 0 Å². The Hall–Kier alpha value is -3.00. The van der Waals surface area contributed by atoms with Crippen molar-refractivity contribution < 1.29 is 9.59 Å². The van der Waals surface area contributed by atoms with Crippen LogP contribution in [-0.4, -0.2) is 11.6 Å². The lowest BCUT2D eigenvalue weighted by atomic mass is 9.67. The Balaban J connectivity index is 2.13. The van der Waals surface area contributed by atoms with E-state index in [4.69, 9.17) is 0 Å². The second-order valence-electron chi connectivity index (χ2n) is 10.2. The summed E-state index contributed by atoms with van der Waals surface area (Å²) in [5.41, 5.74) is 6.86. The topological polar surface area (TPSA) is 34.1 Å². The molecule has 2 aromatic carbocycles. The van der Waals surface area contributed by atoms with Gasteiger partial charge in [-0.3, -0.25) is 9.59 Å². The van der Waals surface area contributed by atoms with Crippen molar-refractivity contribution in [3.63, 3.8) is 0 Å². The monoisotopic (exact) mass is 452 g/mol. The number of hydrogen-bond donors (Lipinski definition) is 0. The van der Waals surface area contributed by atoms with Crippen LogP contribution >= 0.6 is 0 Å². The first kappa shape index (κ1) is 24.1. The number of hydrogen-bond acceptors (Lipinski definition) is 2. The summed E-state index contributed by atoms with van der Waals surface area (Å²) in [5, 5.41) is 0. The number of benzene rings is 2. The van der Waals surface area contributed by atoms with Crippen LogP contribution < -0.4 is 0 Å². The molecule has 0 spiro atoms. The van der Waals surface area contributed by atoms with E-state index in [1.807, 2.05) is 48.5 Å². The smallest absolute Gasteiger partial charge is 0.190 e. The molecule has 0 radical (unpaired) electrons. The zero-order chi connectivity index (χ0) is 24.7. The quantitative estimate of drug-likeness (QED) is 0.440. The fourth-order valence-electron chi connectivity index (χ4n) is 5.30. The molecule has 2 nitrogen and oxygen atoms in total. The van der Waals surface area contributed by atoms with E-state index in [0.29, 0.717) is 0 Å². The van der Waals surface area contributed by atoms with E-state index in [-0.39, 0.29) is 22.4 Å². The van der Waals surface area contributed by atoms with Crippen molar-refractivity contribution in [3.05, 3.63) is 94.1 Å². The van der Waals surface area contributed by atoms with Crippen LogP contribution in [0.1, 0.15) is 99.1 Å². The van der Waals surface area contributed by atoms with Gasteiger partial charge in [0, 0.05) is 22.3 Å². The molecular weight excluding hydrogens is 416 g/mol. The first-order valence-corrected chi connectivity index (χ1v) is 12.7. The van der Waals surface area contributed by atoms with Gasteiger partial charge in [-0.15, -0.1) is 0 Å². The Bertz CT molecular complexity index is 1150. The molecule has 0 N–H and O–H groups in total. The number of Topliss-reactive ketones (excluding diaryl/α,β-unsaturated/α-hetero) is 2. The molecule has 0 atom stereocenters. The molecule has 0 saturated heterocycles. The van der Waals surface area contributed by atoms with E-state index in [2.05, 4.69) is 53.7 Å². The van der Waals surface area contributed by atoms with Gasteiger partial charge in [-0.25, -0.2) is 0 Å². The summed E-state index contributed by atoms with van der Waals surface area (Å²) in [6.07, 6.45) is 7.83. The van der Waals surface area contributed by atoms with Crippen molar-refractivity contribution in [2.45, 2.75) is 67.2 Å². The molecule has 0 heterocycles. The summed E-state index contributed by atoms with van der Waals surface area (Å²) in [7, 11) is 0. The minimum absolute atomic E-state index is 0.127. The Kier molecular flexibility index (Phi) is 6.38. The third-order valence-electron chi connectivity index (χ3n) is 8.70. The predicted molar refractivity (Wildman–Crippen MR) is 142 cm³/mol. The van der Waals surface area contributed by atoms with Gasteiger partial charge in [0.2, 0.25) is 0 Å². The summed E-state index contributed by atoms with van der Waals surface area (Å²) in [6.45, 7) is 13.0. The molecule has 0 unspecified atom stereocenters. The van der Waals surface area contributed by atoms with Gasteiger partial charge < -0.3 is 0 Å². The number of carbonyl (C=O) groups excluding carboxylic acids is 2. The first-order valence-electron chi connectivity index (χ1n) is 12.7. The lowest BCUT2D eigenvalue weighted by molar-refractivity contribution is 0.0989. The van der Waals surface area contributed by atoms with Crippen LogP contribution in [0.3, 0.4) is 0 Å². The lowest BCUT2D eigenvalue weighted by Gasteiger charge is -2.35. The van der Waals surface area contributed by atoms with E-state index in [1.165, 1.54) is 0 Å². The number of rotatable bonds is 6. The minimum atomic E-state index is -0.200. The van der Waals surface area contributed by atoms with Gasteiger partial charge in [0.05, 0.1) is 0 Å². The van der Waals surface area contributed by atoms with E-state index in [9.17, 15) is 9.59 Å². The SMILES string of the molecule is CCC(C)(CC)C1=CC(=C2C=C(C(C)(CC)CC)C(=O)c3ccccc32)c2ccccc2C1=O. The minimum Gasteiger partial charge on any atom is -0.289 e. The van der Waals surface area contributed by atoms with E-state index in [0.717, 1.165) is 70.2 Å². The van der Waals surface area contributed by atoms with Gasteiger partial charge in [0.25, 0.3) is 0 Å². The molecule has 34 heavy (non-hydrogen) atoms. The molecule has 0 bridgehead atoms. The van der Waals surface area contributed by atoms with Crippen LogP contribution in [0.15, 0.2) is 71.8 Å². The summed E-state index contributed by atoms with van der Waals surface area (Å²) >= 11 is 0. The van der Waals surface area contributed by atoms with Crippen LogP contribution in [0, 0.1) is 10.8 Å². The Morgan fingerprint density at radius 2 is 0.824 bits per heavy atom. The molecule has 2 heteroatoms. The largest absolute Gasteiger partial charge is 0.289 e. The zero-order valence-corrected chi connectivity index (χ0v) is 21.4. The standard InChI is InChI=1S/C32H36O2/c1-7-31(5,8-2)27-19-25(21-15-11-13-17-23(21)29(27)33)26-20-28(32(6,9-3)10-4)30(34)24-18-14-12-16-22(24)26/h11-20H,7-10H2,1-6H3.